The van der Waals surface area contributed by atoms with Crippen molar-refractivity contribution in [3.8, 4) is 5.75 Å². The molecule has 1 aromatic heterocycles. The van der Waals surface area contributed by atoms with Crippen LogP contribution in [0.4, 0.5) is 10.5 Å². The van der Waals surface area contributed by atoms with Crippen LogP contribution in [0.3, 0.4) is 0 Å². The first kappa shape index (κ1) is 16.4. The molecule has 7 nitrogen and oxygen atoms in total. The van der Waals surface area contributed by atoms with Crippen molar-refractivity contribution in [3.05, 3.63) is 64.5 Å². The molecule has 1 aromatic carbocycles. The number of carbonyl (C=O) groups is 1. The number of halogens is 1. The van der Waals surface area contributed by atoms with Gasteiger partial charge < -0.3 is 9.47 Å². The molecule has 0 radical (unpaired) electrons. The van der Waals surface area contributed by atoms with E-state index in [4.69, 9.17) is 9.47 Å². The second-order valence-electron chi connectivity index (χ2n) is 3.75. The highest BCUT2D eigenvalue weighted by Gasteiger charge is 2.09. The smallest absolute Gasteiger partial charge is 0.429 e. The zero-order chi connectivity index (χ0) is 14.4. The number of carbonyl (C=O) groups excluding carboxylic acids is 1. The summed E-state index contributed by atoms with van der Waals surface area (Å²) in [6, 6.07) is 8.55. The third-order valence-electron chi connectivity index (χ3n) is 2.35. The molecule has 110 valence electrons. The van der Waals surface area contributed by atoms with E-state index in [9.17, 15) is 14.9 Å². The van der Waals surface area contributed by atoms with E-state index in [1.807, 2.05) is 0 Å². The Balaban J connectivity index is 0.00000220. The van der Waals surface area contributed by atoms with Crippen LogP contribution in [0.1, 0.15) is 5.56 Å². The molecule has 0 saturated heterocycles. The van der Waals surface area contributed by atoms with Crippen LogP contribution in [0, 0.1) is 10.1 Å². The molecule has 0 fully saturated rings. The van der Waals surface area contributed by atoms with Gasteiger partial charge in [-0.15, -0.1) is 12.4 Å². The van der Waals surface area contributed by atoms with Gasteiger partial charge in [-0.25, -0.2) is 4.79 Å². The second kappa shape index (κ2) is 7.81. The van der Waals surface area contributed by atoms with Gasteiger partial charge >= 0.3 is 6.16 Å². The van der Waals surface area contributed by atoms with Crippen molar-refractivity contribution in [1.29, 1.82) is 0 Å². The average molecular weight is 311 g/mol. The van der Waals surface area contributed by atoms with E-state index in [-0.39, 0.29) is 30.5 Å². The van der Waals surface area contributed by atoms with Gasteiger partial charge in [0.1, 0.15) is 12.4 Å². The molecule has 2 aromatic rings. The van der Waals surface area contributed by atoms with E-state index in [0.29, 0.717) is 0 Å². The molecule has 0 spiro atoms. The van der Waals surface area contributed by atoms with Gasteiger partial charge in [0.05, 0.1) is 4.92 Å². The van der Waals surface area contributed by atoms with Crippen molar-refractivity contribution >= 4 is 24.2 Å². The van der Waals surface area contributed by atoms with Gasteiger partial charge in [0.25, 0.3) is 5.69 Å². The Kier molecular flexibility index (Phi) is 6.09. The number of nitro benzene ring substituents is 1. The van der Waals surface area contributed by atoms with E-state index >= 15 is 0 Å². The predicted octanol–water partition coefficient (Wildman–Crippen LogP) is 3.13. The number of aromatic nitrogens is 1. The zero-order valence-electron chi connectivity index (χ0n) is 10.7. The van der Waals surface area contributed by atoms with Gasteiger partial charge in [-0.05, 0) is 29.8 Å². The van der Waals surface area contributed by atoms with Crippen LogP contribution in [0.15, 0.2) is 48.8 Å². The van der Waals surface area contributed by atoms with Crippen LogP contribution in [-0.4, -0.2) is 16.1 Å². The van der Waals surface area contributed by atoms with E-state index in [1.54, 1.807) is 24.5 Å². The van der Waals surface area contributed by atoms with Crippen molar-refractivity contribution in [2.75, 3.05) is 0 Å². The number of hydrogen-bond donors (Lipinski definition) is 0. The van der Waals surface area contributed by atoms with Gasteiger partial charge in [0.15, 0.2) is 0 Å². The summed E-state index contributed by atoms with van der Waals surface area (Å²) in [4.78, 5) is 25.2. The molecular formula is C13H11ClN2O5. The van der Waals surface area contributed by atoms with Crippen molar-refractivity contribution in [3.63, 3.8) is 0 Å². The number of hydrogen-bond acceptors (Lipinski definition) is 6. The molecule has 21 heavy (non-hydrogen) atoms. The van der Waals surface area contributed by atoms with Gasteiger partial charge in [-0.2, -0.15) is 0 Å². The van der Waals surface area contributed by atoms with Crippen molar-refractivity contribution in [2.45, 2.75) is 6.61 Å². The molecule has 2 rings (SSSR count). The number of pyridine rings is 1. The average Bonchev–Trinajstić information content (AvgIpc) is 2.47. The fourth-order valence-electron chi connectivity index (χ4n) is 1.38. The maximum atomic E-state index is 11.4. The number of benzene rings is 1. The lowest BCUT2D eigenvalue weighted by atomic mass is 10.3. The first-order valence-electron chi connectivity index (χ1n) is 5.63. The molecule has 0 unspecified atom stereocenters. The van der Waals surface area contributed by atoms with Gasteiger partial charge in [0.2, 0.25) is 0 Å². The van der Waals surface area contributed by atoms with Crippen LogP contribution in [0.5, 0.6) is 5.75 Å². The number of nitrogens with zero attached hydrogens (tertiary/aromatic N) is 2. The fraction of sp³-hybridized carbons (Fsp3) is 0.0769. The van der Waals surface area contributed by atoms with Crippen molar-refractivity contribution in [1.82, 2.24) is 4.98 Å². The molecule has 0 aliphatic carbocycles. The fourth-order valence-corrected chi connectivity index (χ4v) is 1.38. The summed E-state index contributed by atoms with van der Waals surface area (Å²) >= 11 is 0. The third kappa shape index (κ3) is 5.07. The predicted molar refractivity (Wildman–Crippen MR) is 75.4 cm³/mol. The van der Waals surface area contributed by atoms with Gasteiger partial charge in [-0.3, -0.25) is 15.1 Å². The monoisotopic (exact) mass is 310 g/mol. The summed E-state index contributed by atoms with van der Waals surface area (Å²) in [5.41, 5.74) is 0.697. The first-order chi connectivity index (χ1) is 9.65. The van der Waals surface area contributed by atoms with E-state index in [1.165, 1.54) is 24.3 Å². The molecule has 0 bridgehead atoms. The highest BCUT2D eigenvalue weighted by atomic mass is 35.5. The summed E-state index contributed by atoms with van der Waals surface area (Å²) < 4.78 is 9.76. The summed E-state index contributed by atoms with van der Waals surface area (Å²) in [6.45, 7) is 0.0638. The van der Waals surface area contributed by atoms with Crippen LogP contribution in [0.25, 0.3) is 0 Å². The van der Waals surface area contributed by atoms with Crippen LogP contribution in [0.2, 0.25) is 0 Å². The van der Waals surface area contributed by atoms with Gasteiger partial charge in [0, 0.05) is 24.5 Å². The molecule has 0 amide bonds. The molecule has 0 saturated carbocycles. The Morgan fingerprint density at radius 2 is 1.76 bits per heavy atom. The summed E-state index contributed by atoms with van der Waals surface area (Å²) in [5, 5.41) is 10.5. The second-order valence-corrected chi connectivity index (χ2v) is 3.75. The highest BCUT2D eigenvalue weighted by Crippen LogP contribution is 2.17. The lowest BCUT2D eigenvalue weighted by molar-refractivity contribution is -0.384. The summed E-state index contributed by atoms with van der Waals surface area (Å²) in [5.74, 6) is 0.176. The van der Waals surface area contributed by atoms with Gasteiger partial charge in [-0.1, -0.05) is 0 Å². The van der Waals surface area contributed by atoms with Crippen LogP contribution >= 0.6 is 12.4 Å². The SMILES string of the molecule is Cl.O=C(OCc1ccncc1)Oc1ccc([N+](=O)[O-])cc1. The van der Waals surface area contributed by atoms with Crippen molar-refractivity contribution in [2.24, 2.45) is 0 Å². The molecular weight excluding hydrogens is 300 g/mol. The minimum atomic E-state index is -0.879. The van der Waals surface area contributed by atoms with E-state index < -0.39 is 11.1 Å². The van der Waals surface area contributed by atoms with Crippen molar-refractivity contribution < 1.29 is 19.2 Å². The van der Waals surface area contributed by atoms with Crippen LogP contribution in [-0.2, 0) is 11.3 Å². The summed E-state index contributed by atoms with van der Waals surface area (Å²) in [6.07, 6.45) is 2.29. The van der Waals surface area contributed by atoms with Crippen LogP contribution < -0.4 is 4.74 Å². The quantitative estimate of drug-likeness (QED) is 0.373. The molecule has 0 N–H and O–H groups in total. The molecule has 0 aliphatic heterocycles. The topological polar surface area (TPSA) is 91.6 Å². The third-order valence-corrected chi connectivity index (χ3v) is 2.35. The highest BCUT2D eigenvalue weighted by molar-refractivity contribution is 5.85. The Labute approximate surface area is 126 Å². The molecule has 0 aliphatic rings. The van der Waals surface area contributed by atoms with E-state index in [0.717, 1.165) is 5.56 Å². The molecule has 8 heteroatoms. The standard InChI is InChI=1S/C13H10N2O5.ClH/c16-13(19-9-10-5-7-14-8-6-10)20-12-3-1-11(2-4-12)15(17)18;/h1-8H,9H2;1H. The molecule has 0 atom stereocenters. The zero-order valence-corrected chi connectivity index (χ0v) is 11.5. The first-order valence-corrected chi connectivity index (χ1v) is 5.63. The molecule has 1 heterocycles. The maximum absolute atomic E-state index is 11.4. The largest absolute Gasteiger partial charge is 0.514 e. The normalized spacial score (nSPS) is 9.33. The minimum absolute atomic E-state index is 0. The Morgan fingerprint density at radius 1 is 1.14 bits per heavy atom. The number of nitro groups is 1. The Morgan fingerprint density at radius 3 is 2.33 bits per heavy atom. The lowest BCUT2D eigenvalue weighted by Crippen LogP contribution is -2.10. The lowest BCUT2D eigenvalue weighted by Gasteiger charge is -2.05. The Hall–Kier alpha value is -2.67. The number of non-ortho nitro benzene ring substituents is 1. The number of ether oxygens (including phenoxy) is 2. The summed E-state index contributed by atoms with van der Waals surface area (Å²) in [7, 11) is 0. The number of rotatable bonds is 4. The maximum Gasteiger partial charge on any atom is 0.514 e. The van der Waals surface area contributed by atoms with E-state index in [2.05, 4.69) is 4.98 Å². The Bertz CT molecular complexity index is 604. The minimum Gasteiger partial charge on any atom is -0.429 e.